The van der Waals surface area contributed by atoms with Gasteiger partial charge >= 0.3 is 0 Å². The van der Waals surface area contributed by atoms with E-state index in [9.17, 15) is 8.78 Å². The van der Waals surface area contributed by atoms with E-state index in [1.165, 1.54) is 51.1 Å². The second-order valence-corrected chi connectivity index (χ2v) is 12.7. The fourth-order valence-electron chi connectivity index (χ4n) is 7.28. The van der Waals surface area contributed by atoms with Crippen molar-refractivity contribution >= 4 is 22.2 Å². The van der Waals surface area contributed by atoms with Crippen molar-refractivity contribution in [1.82, 2.24) is 4.98 Å². The molecule has 0 spiro atoms. The van der Waals surface area contributed by atoms with Crippen LogP contribution in [0.4, 0.5) is 8.78 Å². The first kappa shape index (κ1) is 25.8. The Morgan fingerprint density at radius 1 is 0.535 bits per heavy atom. The van der Waals surface area contributed by atoms with E-state index in [1.54, 1.807) is 0 Å². The zero-order valence-corrected chi connectivity index (χ0v) is 24.4. The van der Waals surface area contributed by atoms with Gasteiger partial charge in [-0.3, -0.25) is 0 Å². The molecule has 210 valence electrons. The molecule has 0 atom stereocenters. The number of halogens is 2. The Hall–Kier alpha value is -4.83. The second kappa shape index (κ2) is 8.84. The van der Waals surface area contributed by atoms with Gasteiger partial charge in [0.05, 0.1) is 0 Å². The molecule has 0 N–H and O–H groups in total. The topological polar surface area (TPSA) is 26.0 Å². The largest absolute Gasteiger partial charge is 0.436 e. The van der Waals surface area contributed by atoms with Gasteiger partial charge < -0.3 is 4.42 Å². The second-order valence-electron chi connectivity index (χ2n) is 12.7. The molecule has 5 aromatic carbocycles. The van der Waals surface area contributed by atoms with Crippen LogP contribution in [0.5, 0.6) is 0 Å². The lowest BCUT2D eigenvalue weighted by Crippen LogP contribution is -2.19. The average molecular weight is 566 g/mol. The van der Waals surface area contributed by atoms with Crippen molar-refractivity contribution in [2.45, 2.75) is 38.5 Å². The van der Waals surface area contributed by atoms with E-state index in [-0.39, 0.29) is 10.8 Å². The number of benzene rings is 5. The monoisotopic (exact) mass is 565 g/mol. The number of para-hydroxylation sites is 2. The molecular formula is C39H29F2NO. The van der Waals surface area contributed by atoms with Gasteiger partial charge in [0, 0.05) is 22.5 Å². The van der Waals surface area contributed by atoms with Crippen molar-refractivity contribution in [3.8, 4) is 33.7 Å². The van der Waals surface area contributed by atoms with Crippen LogP contribution in [0.15, 0.2) is 108 Å². The standard InChI is InChI=1S/C39H29F2NO/c1-38(2)31-19-24(22-9-11-23(12-10-22)37-42-33-7-5-6-8-34(33)43-37)13-15-29(31)35-36(38)30-16-14-25(20-32(30)39(35,3)4)26-17-27(40)21-28(41)18-26/h5-21H,1-4H3. The summed E-state index contributed by atoms with van der Waals surface area (Å²) in [6.07, 6.45) is 0. The lowest BCUT2D eigenvalue weighted by Gasteiger charge is -2.29. The van der Waals surface area contributed by atoms with Gasteiger partial charge in [-0.05, 0) is 104 Å². The Labute approximate surface area is 249 Å². The third-order valence-electron chi connectivity index (χ3n) is 9.38. The highest BCUT2D eigenvalue weighted by atomic mass is 19.1. The summed E-state index contributed by atoms with van der Waals surface area (Å²) in [4.78, 5) is 4.64. The molecule has 0 bridgehead atoms. The smallest absolute Gasteiger partial charge is 0.227 e. The Morgan fingerprint density at radius 3 is 1.63 bits per heavy atom. The van der Waals surface area contributed by atoms with E-state index < -0.39 is 11.6 Å². The molecule has 0 saturated heterocycles. The van der Waals surface area contributed by atoms with Gasteiger partial charge in [-0.25, -0.2) is 13.8 Å². The maximum Gasteiger partial charge on any atom is 0.227 e. The molecule has 0 radical (unpaired) electrons. The third kappa shape index (κ3) is 3.79. The molecule has 1 aromatic heterocycles. The minimum absolute atomic E-state index is 0.214. The first-order chi connectivity index (χ1) is 20.6. The molecule has 6 aromatic rings. The van der Waals surface area contributed by atoms with E-state index in [0.717, 1.165) is 33.9 Å². The van der Waals surface area contributed by atoms with Gasteiger partial charge in [-0.2, -0.15) is 0 Å². The van der Waals surface area contributed by atoms with Gasteiger partial charge in [0.15, 0.2) is 5.58 Å². The van der Waals surface area contributed by atoms with Crippen LogP contribution < -0.4 is 0 Å². The van der Waals surface area contributed by atoms with Gasteiger partial charge in [0.1, 0.15) is 17.2 Å². The number of hydrogen-bond donors (Lipinski definition) is 0. The summed E-state index contributed by atoms with van der Waals surface area (Å²) >= 11 is 0. The number of hydrogen-bond acceptors (Lipinski definition) is 2. The number of oxazole rings is 1. The van der Waals surface area contributed by atoms with E-state index in [4.69, 9.17) is 4.42 Å². The predicted molar refractivity (Wildman–Crippen MR) is 170 cm³/mol. The summed E-state index contributed by atoms with van der Waals surface area (Å²) in [7, 11) is 0. The van der Waals surface area contributed by atoms with E-state index in [0.29, 0.717) is 11.5 Å². The fourth-order valence-corrected chi connectivity index (χ4v) is 7.28. The first-order valence-corrected chi connectivity index (χ1v) is 14.6. The van der Waals surface area contributed by atoms with Crippen LogP contribution in [-0.4, -0.2) is 4.98 Å². The maximum absolute atomic E-state index is 14.0. The zero-order valence-electron chi connectivity index (χ0n) is 24.4. The highest BCUT2D eigenvalue weighted by molar-refractivity contribution is 6.10. The lowest BCUT2D eigenvalue weighted by molar-refractivity contribution is 0.584. The summed E-state index contributed by atoms with van der Waals surface area (Å²) in [5, 5.41) is 0. The Kier molecular flexibility index (Phi) is 5.31. The van der Waals surface area contributed by atoms with Crippen molar-refractivity contribution in [3.05, 3.63) is 137 Å². The van der Waals surface area contributed by atoms with Crippen molar-refractivity contribution in [1.29, 1.82) is 0 Å². The van der Waals surface area contributed by atoms with Gasteiger partial charge in [0.25, 0.3) is 0 Å². The number of nitrogens with zero attached hydrogens (tertiary/aromatic N) is 1. The molecule has 2 aliphatic carbocycles. The molecule has 0 amide bonds. The summed E-state index contributed by atoms with van der Waals surface area (Å²) < 4.78 is 34.0. The van der Waals surface area contributed by atoms with Gasteiger partial charge in [0.2, 0.25) is 5.89 Å². The highest BCUT2D eigenvalue weighted by Gasteiger charge is 2.49. The highest BCUT2D eigenvalue weighted by Crippen LogP contribution is 2.63. The fraction of sp³-hybridized carbons (Fsp3) is 0.154. The van der Waals surface area contributed by atoms with Crippen molar-refractivity contribution in [2.75, 3.05) is 0 Å². The Morgan fingerprint density at radius 2 is 1.05 bits per heavy atom. The van der Waals surface area contributed by atoms with Crippen LogP contribution in [0.1, 0.15) is 49.9 Å². The molecule has 1 heterocycles. The number of allylic oxidation sites excluding steroid dienone is 2. The van der Waals surface area contributed by atoms with Crippen LogP contribution in [0.25, 0.3) is 56.0 Å². The number of fused-ring (bicyclic) bond motifs is 5. The SMILES string of the molecule is CC1(C)C2=C(c3ccc(-c4ccc(-c5nc6ccccc6o5)cc4)cc31)C(C)(C)c1cc(-c3cc(F)cc(F)c3)ccc12. The van der Waals surface area contributed by atoms with Crippen LogP contribution in [0, 0.1) is 11.6 Å². The van der Waals surface area contributed by atoms with Crippen molar-refractivity contribution < 1.29 is 13.2 Å². The summed E-state index contributed by atoms with van der Waals surface area (Å²) in [6.45, 7) is 9.12. The van der Waals surface area contributed by atoms with Crippen LogP contribution in [-0.2, 0) is 10.8 Å². The molecule has 0 fully saturated rings. The number of aromatic nitrogens is 1. The summed E-state index contributed by atoms with van der Waals surface area (Å²) in [6, 6.07) is 33.0. The molecule has 4 heteroatoms. The maximum atomic E-state index is 14.0. The molecule has 0 saturated carbocycles. The van der Waals surface area contributed by atoms with Gasteiger partial charge in [-0.1, -0.05) is 76.2 Å². The molecule has 0 aliphatic heterocycles. The summed E-state index contributed by atoms with van der Waals surface area (Å²) in [5.41, 5.74) is 13.4. The molecule has 8 rings (SSSR count). The van der Waals surface area contributed by atoms with Crippen LogP contribution >= 0.6 is 0 Å². The molecule has 43 heavy (non-hydrogen) atoms. The minimum atomic E-state index is -0.568. The van der Waals surface area contributed by atoms with E-state index in [1.807, 2.05) is 30.3 Å². The third-order valence-corrected chi connectivity index (χ3v) is 9.38. The number of rotatable bonds is 3. The van der Waals surface area contributed by atoms with Crippen molar-refractivity contribution in [2.24, 2.45) is 0 Å². The Bertz CT molecular complexity index is 2090. The molecule has 2 aliphatic rings. The summed E-state index contributed by atoms with van der Waals surface area (Å²) in [5.74, 6) is -0.515. The molecule has 2 nitrogen and oxygen atoms in total. The predicted octanol–water partition coefficient (Wildman–Crippen LogP) is 10.6. The van der Waals surface area contributed by atoms with Crippen LogP contribution in [0.2, 0.25) is 0 Å². The van der Waals surface area contributed by atoms with E-state index >= 15 is 0 Å². The Balaban J connectivity index is 1.16. The zero-order chi connectivity index (χ0) is 29.7. The van der Waals surface area contributed by atoms with Crippen LogP contribution in [0.3, 0.4) is 0 Å². The first-order valence-electron chi connectivity index (χ1n) is 14.6. The normalized spacial score (nSPS) is 16.0. The quantitative estimate of drug-likeness (QED) is 0.213. The average Bonchev–Trinajstić information content (AvgIpc) is 3.60. The minimum Gasteiger partial charge on any atom is -0.436 e. The van der Waals surface area contributed by atoms with Crippen molar-refractivity contribution in [3.63, 3.8) is 0 Å². The van der Waals surface area contributed by atoms with E-state index in [2.05, 4.69) is 87.3 Å². The lowest BCUT2D eigenvalue weighted by atomic mass is 9.74. The van der Waals surface area contributed by atoms with Gasteiger partial charge in [-0.15, -0.1) is 0 Å². The molecule has 0 unspecified atom stereocenters. The molecular weight excluding hydrogens is 536 g/mol.